The minimum atomic E-state index is -0.513. The number of nitrogens with two attached hydrogens (primary N) is 1. The zero-order valence-electron chi connectivity index (χ0n) is 23.4. The fraction of sp³-hybridized carbons (Fsp3) is 0.226. The molecule has 6 rings (SSSR count). The van der Waals surface area contributed by atoms with Crippen molar-refractivity contribution in [2.45, 2.75) is 12.8 Å². The highest BCUT2D eigenvalue weighted by atomic mass is 16.5. The Morgan fingerprint density at radius 3 is 2.63 bits per heavy atom. The van der Waals surface area contributed by atoms with Crippen molar-refractivity contribution in [1.29, 1.82) is 0 Å². The summed E-state index contributed by atoms with van der Waals surface area (Å²) in [6.45, 7) is 1.55. The van der Waals surface area contributed by atoms with Gasteiger partial charge in [-0.3, -0.25) is 24.3 Å². The summed E-state index contributed by atoms with van der Waals surface area (Å²) >= 11 is 0. The molecule has 3 N–H and O–H groups in total. The highest BCUT2D eigenvalue weighted by molar-refractivity contribution is 6.21. The summed E-state index contributed by atoms with van der Waals surface area (Å²) in [7, 11) is 1.92. The van der Waals surface area contributed by atoms with Crippen LogP contribution < -0.4 is 25.4 Å². The Hall–Kier alpha value is -5.52. The van der Waals surface area contributed by atoms with Crippen LogP contribution in [0.5, 0.6) is 11.5 Å². The fourth-order valence-corrected chi connectivity index (χ4v) is 5.06. The molecule has 0 saturated carbocycles. The van der Waals surface area contributed by atoms with Gasteiger partial charge in [0.05, 0.1) is 53.8 Å². The molecule has 2 aliphatic heterocycles. The predicted octanol–water partition coefficient (Wildman–Crippen LogP) is 3.66. The third-order valence-electron chi connectivity index (χ3n) is 7.23. The third-order valence-corrected chi connectivity index (χ3v) is 7.23. The Balaban J connectivity index is 1.22. The first-order valence-electron chi connectivity index (χ1n) is 13.8. The van der Waals surface area contributed by atoms with Gasteiger partial charge in [-0.1, -0.05) is 12.1 Å². The minimum Gasteiger partial charge on any atom is -0.493 e. The van der Waals surface area contributed by atoms with E-state index in [1.807, 2.05) is 18.0 Å². The predicted molar refractivity (Wildman–Crippen MR) is 159 cm³/mol. The first kappa shape index (κ1) is 27.6. The van der Waals surface area contributed by atoms with Gasteiger partial charge < -0.3 is 25.4 Å². The van der Waals surface area contributed by atoms with Crippen LogP contribution in [0.2, 0.25) is 0 Å². The number of nitrogen functional groups attached to an aromatic ring is 1. The number of pyridine rings is 1. The number of rotatable bonds is 5. The molecular weight excluding hydrogens is 550 g/mol. The van der Waals surface area contributed by atoms with E-state index in [4.69, 9.17) is 15.2 Å². The van der Waals surface area contributed by atoms with E-state index in [2.05, 4.69) is 20.3 Å². The molecular formula is C31H29N7O5. The molecule has 3 amide bonds. The Morgan fingerprint density at radius 2 is 1.84 bits per heavy atom. The molecule has 0 radical (unpaired) electrons. The average Bonchev–Trinajstić information content (AvgIpc) is 3.26. The molecule has 43 heavy (non-hydrogen) atoms. The van der Waals surface area contributed by atoms with Crippen LogP contribution in [0.15, 0.2) is 67.1 Å². The van der Waals surface area contributed by atoms with E-state index in [1.54, 1.807) is 54.9 Å². The Kier molecular flexibility index (Phi) is 7.56. The number of ether oxygens (including phenoxy) is 2. The second-order valence-corrected chi connectivity index (χ2v) is 10.2. The third kappa shape index (κ3) is 5.67. The highest BCUT2D eigenvalue weighted by Gasteiger charge is 2.34. The summed E-state index contributed by atoms with van der Waals surface area (Å²) < 4.78 is 12.1. The summed E-state index contributed by atoms with van der Waals surface area (Å²) in [6, 6.07) is 14.0. The van der Waals surface area contributed by atoms with E-state index in [0.717, 1.165) is 5.69 Å². The summed E-state index contributed by atoms with van der Waals surface area (Å²) in [5, 5.41) is 2.86. The van der Waals surface area contributed by atoms with Crippen molar-refractivity contribution in [2.24, 2.45) is 0 Å². The molecule has 0 saturated heterocycles. The number of hydrogen-bond acceptors (Lipinski definition) is 10. The number of carbonyl (C=O) groups is 3. The smallest absolute Gasteiger partial charge is 0.278 e. The summed E-state index contributed by atoms with van der Waals surface area (Å²) in [5.41, 5.74) is 9.20. The molecule has 4 bridgehead atoms. The van der Waals surface area contributed by atoms with Crippen LogP contribution in [0.1, 0.15) is 44.0 Å². The summed E-state index contributed by atoms with van der Waals surface area (Å²) in [6.07, 6.45) is 5.85. The van der Waals surface area contributed by atoms with Crippen molar-refractivity contribution >= 4 is 34.9 Å². The molecule has 2 aromatic heterocycles. The van der Waals surface area contributed by atoms with Crippen LogP contribution in [-0.2, 0) is 0 Å². The van der Waals surface area contributed by atoms with Crippen molar-refractivity contribution in [3.8, 4) is 22.8 Å². The lowest BCUT2D eigenvalue weighted by Gasteiger charge is -2.22. The molecule has 0 aliphatic carbocycles. The van der Waals surface area contributed by atoms with Crippen LogP contribution in [0.3, 0.4) is 0 Å². The number of anilines is 3. The Morgan fingerprint density at radius 1 is 1.05 bits per heavy atom. The fourth-order valence-electron chi connectivity index (χ4n) is 5.06. The second kappa shape index (κ2) is 11.8. The molecule has 0 fully saturated rings. The van der Waals surface area contributed by atoms with Gasteiger partial charge in [0.15, 0.2) is 11.5 Å². The number of hydrogen-bond donors (Lipinski definition) is 2. The van der Waals surface area contributed by atoms with Crippen LogP contribution in [0, 0.1) is 0 Å². The summed E-state index contributed by atoms with van der Waals surface area (Å²) in [5.74, 6) is -0.0650. The van der Waals surface area contributed by atoms with Crippen molar-refractivity contribution in [2.75, 3.05) is 49.3 Å². The van der Waals surface area contributed by atoms with Crippen LogP contribution in [0.4, 0.5) is 17.2 Å². The van der Waals surface area contributed by atoms with Crippen molar-refractivity contribution in [1.82, 2.24) is 19.9 Å². The van der Waals surface area contributed by atoms with Crippen LogP contribution >= 0.6 is 0 Å². The maximum atomic E-state index is 13.3. The van der Waals surface area contributed by atoms with E-state index < -0.39 is 5.91 Å². The second-order valence-electron chi connectivity index (χ2n) is 10.2. The van der Waals surface area contributed by atoms with Gasteiger partial charge in [-0.2, -0.15) is 0 Å². The van der Waals surface area contributed by atoms with Crippen LogP contribution in [0.25, 0.3) is 11.3 Å². The molecule has 12 nitrogen and oxygen atoms in total. The van der Waals surface area contributed by atoms with E-state index in [9.17, 15) is 14.4 Å². The zero-order chi connectivity index (χ0) is 29.9. The van der Waals surface area contributed by atoms with Gasteiger partial charge in [0.25, 0.3) is 17.7 Å². The van der Waals surface area contributed by atoms with E-state index in [-0.39, 0.29) is 36.5 Å². The van der Waals surface area contributed by atoms with Crippen LogP contribution in [-0.4, -0.2) is 70.9 Å². The monoisotopic (exact) mass is 579 g/mol. The maximum Gasteiger partial charge on any atom is 0.278 e. The number of fused-ring (bicyclic) bond motifs is 7. The molecule has 4 heterocycles. The van der Waals surface area contributed by atoms with Crippen molar-refractivity contribution in [3.05, 3.63) is 83.9 Å². The van der Waals surface area contributed by atoms with Gasteiger partial charge in [0.2, 0.25) is 0 Å². The quantitative estimate of drug-likeness (QED) is 0.265. The standard InChI is InChI=1S/C31H29N7O5/c1-37-10-4-12-42-20-14-19(24-18-34-28(32)27(35-24)29(39)36-25-17-33-9-8-26(25)37)15-21(16-20)43-13-5-11-38-30(40)22-6-2-3-7-23(22)31(38)41/h2-3,6-9,14-18H,4-5,10-13H2,1H3,(H2,32,34)(H,36,39). The first-order valence-corrected chi connectivity index (χ1v) is 13.8. The number of aromatic nitrogens is 3. The molecule has 2 aliphatic rings. The minimum absolute atomic E-state index is 0.0126. The Labute approximate surface area is 247 Å². The Bertz CT molecular complexity index is 1690. The van der Waals surface area contributed by atoms with Gasteiger partial charge in [-0.15, -0.1) is 0 Å². The van der Waals surface area contributed by atoms with Gasteiger partial charge in [-0.25, -0.2) is 9.97 Å². The average molecular weight is 580 g/mol. The van der Waals surface area contributed by atoms with Crippen molar-refractivity contribution < 1.29 is 23.9 Å². The summed E-state index contributed by atoms with van der Waals surface area (Å²) in [4.78, 5) is 54.7. The first-order chi connectivity index (χ1) is 20.9. The lowest BCUT2D eigenvalue weighted by atomic mass is 10.1. The number of carbonyl (C=O) groups excluding carboxylic acids is 3. The normalized spacial score (nSPS) is 14.7. The number of imide groups is 1. The van der Waals surface area contributed by atoms with Gasteiger partial charge in [0, 0.05) is 38.0 Å². The highest BCUT2D eigenvalue weighted by Crippen LogP contribution is 2.31. The van der Waals surface area contributed by atoms with Crippen molar-refractivity contribution in [3.63, 3.8) is 0 Å². The molecule has 2 aromatic carbocycles. The van der Waals surface area contributed by atoms with E-state index in [1.165, 1.54) is 11.1 Å². The molecule has 218 valence electrons. The molecule has 0 spiro atoms. The van der Waals surface area contributed by atoms with E-state index >= 15 is 0 Å². The number of nitrogens with zero attached hydrogens (tertiary/aromatic N) is 5. The van der Waals surface area contributed by atoms with E-state index in [0.29, 0.717) is 65.6 Å². The van der Waals surface area contributed by atoms with Gasteiger partial charge in [-0.05, 0) is 43.2 Å². The maximum absolute atomic E-state index is 13.3. The SMILES string of the molecule is CN1CCCOc2cc(OCCCN3C(=O)c4ccccc4C3=O)cc(c2)-c2cnc(N)c(n2)C(=O)Nc2cnccc21. The zero-order valence-corrected chi connectivity index (χ0v) is 23.4. The lowest BCUT2D eigenvalue weighted by molar-refractivity contribution is 0.0646. The number of nitrogens with one attached hydrogen (secondary N) is 1. The lowest BCUT2D eigenvalue weighted by Crippen LogP contribution is -2.31. The van der Waals surface area contributed by atoms with Gasteiger partial charge >= 0.3 is 0 Å². The number of amides is 3. The number of benzene rings is 2. The topological polar surface area (TPSA) is 153 Å². The molecule has 4 aromatic rings. The largest absolute Gasteiger partial charge is 0.493 e. The van der Waals surface area contributed by atoms with Gasteiger partial charge in [0.1, 0.15) is 11.5 Å². The molecule has 0 unspecified atom stereocenters. The molecule has 0 atom stereocenters. The molecule has 12 heteroatoms.